The van der Waals surface area contributed by atoms with E-state index in [0.717, 1.165) is 30.9 Å². The first-order chi connectivity index (χ1) is 10.1. The van der Waals surface area contributed by atoms with Crippen LogP contribution in [0.5, 0.6) is 0 Å². The van der Waals surface area contributed by atoms with Crippen LogP contribution in [0.4, 0.5) is 5.82 Å². The van der Waals surface area contributed by atoms with Crippen molar-refractivity contribution in [3.63, 3.8) is 0 Å². The van der Waals surface area contributed by atoms with Gasteiger partial charge >= 0.3 is 0 Å². The lowest BCUT2D eigenvalue weighted by Gasteiger charge is -2.26. The van der Waals surface area contributed by atoms with Crippen LogP contribution >= 0.6 is 0 Å². The predicted octanol–water partition coefficient (Wildman–Crippen LogP) is 3.04. The Morgan fingerprint density at radius 2 is 1.81 bits per heavy atom. The summed E-state index contributed by atoms with van der Waals surface area (Å²) in [6.07, 6.45) is 4.17. The molecule has 0 radical (unpaired) electrons. The normalized spacial score (nSPS) is 19.0. The van der Waals surface area contributed by atoms with Crippen LogP contribution < -0.4 is 4.90 Å². The van der Waals surface area contributed by atoms with Gasteiger partial charge in [0.2, 0.25) is 5.91 Å². The molecule has 3 heterocycles. The van der Waals surface area contributed by atoms with Crippen LogP contribution in [-0.4, -0.2) is 42.5 Å². The lowest BCUT2D eigenvalue weighted by atomic mass is 10.1. The molecule has 0 bridgehead atoms. The van der Waals surface area contributed by atoms with Gasteiger partial charge in [0.05, 0.1) is 0 Å². The minimum atomic E-state index is 0.208. The number of pyridine rings is 1. The Hall–Kier alpha value is -1.42. The molecule has 0 N–H and O–H groups in total. The molecule has 116 valence electrons. The van der Waals surface area contributed by atoms with Crippen LogP contribution in [-0.2, 0) is 4.79 Å². The number of hydrogen-bond acceptors (Lipinski definition) is 3. The average Bonchev–Trinajstić information content (AvgIpc) is 2.46. The van der Waals surface area contributed by atoms with Gasteiger partial charge in [-0.05, 0) is 57.5 Å². The molecule has 2 fully saturated rings. The molecule has 0 aromatic carbocycles. The minimum Gasteiger partial charge on any atom is -0.306 e. The van der Waals surface area contributed by atoms with E-state index in [1.807, 2.05) is 23.1 Å². The van der Waals surface area contributed by atoms with Gasteiger partial charge in [-0.15, -0.1) is 0 Å². The van der Waals surface area contributed by atoms with Crippen molar-refractivity contribution in [2.45, 2.75) is 45.4 Å². The number of nitrogens with zero attached hydrogens (tertiary/aromatic N) is 3. The van der Waals surface area contributed by atoms with Crippen molar-refractivity contribution in [3.05, 3.63) is 23.9 Å². The summed E-state index contributed by atoms with van der Waals surface area (Å²) >= 11 is 0. The zero-order valence-corrected chi connectivity index (χ0v) is 13.5. The van der Waals surface area contributed by atoms with E-state index in [-0.39, 0.29) is 5.91 Å². The van der Waals surface area contributed by atoms with Crippen molar-refractivity contribution in [1.29, 1.82) is 0 Å². The standard InChI is InChI=1S/C13H18N2O.C4H9N/c1-10(2)11-6-5-7-12(14-11)15-9-4-3-8-13(15)16;1-5-3-2-4-5/h5-7,10H,3-4,8-9H2,1-2H3;2-4H2,1H3. The second kappa shape index (κ2) is 7.55. The highest BCUT2D eigenvalue weighted by Crippen LogP contribution is 2.21. The third-order valence-electron chi connectivity index (χ3n) is 4.03. The predicted molar refractivity (Wildman–Crippen MR) is 86.6 cm³/mol. The van der Waals surface area contributed by atoms with Crippen molar-refractivity contribution in [1.82, 2.24) is 9.88 Å². The van der Waals surface area contributed by atoms with Crippen LogP contribution in [0.25, 0.3) is 0 Å². The average molecular weight is 289 g/mol. The number of aromatic nitrogens is 1. The topological polar surface area (TPSA) is 36.4 Å². The Morgan fingerprint density at radius 1 is 1.10 bits per heavy atom. The molecule has 2 aliphatic heterocycles. The maximum Gasteiger partial charge on any atom is 0.228 e. The van der Waals surface area contributed by atoms with Crippen LogP contribution in [0, 0.1) is 0 Å². The quantitative estimate of drug-likeness (QED) is 0.839. The molecule has 1 aromatic heterocycles. The number of carbonyl (C=O) groups is 1. The molecule has 0 unspecified atom stereocenters. The summed E-state index contributed by atoms with van der Waals surface area (Å²) in [4.78, 5) is 20.4. The smallest absolute Gasteiger partial charge is 0.228 e. The lowest BCUT2D eigenvalue weighted by molar-refractivity contribution is -0.119. The highest BCUT2D eigenvalue weighted by atomic mass is 16.2. The van der Waals surface area contributed by atoms with Crippen molar-refractivity contribution < 1.29 is 4.79 Å². The zero-order chi connectivity index (χ0) is 15.2. The van der Waals surface area contributed by atoms with Crippen molar-refractivity contribution in [2.24, 2.45) is 0 Å². The van der Waals surface area contributed by atoms with E-state index in [1.54, 1.807) is 0 Å². The maximum absolute atomic E-state index is 11.8. The summed E-state index contributed by atoms with van der Waals surface area (Å²) in [5.74, 6) is 1.43. The second-order valence-corrected chi connectivity index (χ2v) is 6.23. The Labute approximate surface area is 128 Å². The molecular weight excluding hydrogens is 262 g/mol. The van der Waals surface area contributed by atoms with Crippen molar-refractivity contribution >= 4 is 11.7 Å². The van der Waals surface area contributed by atoms with Crippen LogP contribution in [0.2, 0.25) is 0 Å². The molecular formula is C17H27N3O. The van der Waals surface area contributed by atoms with Gasteiger partial charge in [-0.2, -0.15) is 0 Å². The molecule has 4 heteroatoms. The molecule has 2 aliphatic rings. The molecule has 0 atom stereocenters. The lowest BCUT2D eigenvalue weighted by Crippen LogP contribution is -2.35. The summed E-state index contributed by atoms with van der Waals surface area (Å²) in [5.41, 5.74) is 1.05. The summed E-state index contributed by atoms with van der Waals surface area (Å²) in [6.45, 7) is 7.68. The van der Waals surface area contributed by atoms with Crippen LogP contribution in [0.1, 0.15) is 51.1 Å². The summed E-state index contributed by atoms with van der Waals surface area (Å²) in [6, 6.07) is 5.93. The van der Waals surface area contributed by atoms with Gasteiger partial charge in [-0.25, -0.2) is 4.98 Å². The number of likely N-dealkylation sites (tertiary alicyclic amines) is 1. The summed E-state index contributed by atoms with van der Waals surface area (Å²) in [5, 5.41) is 0. The first kappa shape index (κ1) is 16.0. The molecule has 4 nitrogen and oxygen atoms in total. The molecule has 3 rings (SSSR count). The van der Waals surface area contributed by atoms with Crippen molar-refractivity contribution in [3.8, 4) is 0 Å². The molecule has 1 aromatic rings. The maximum atomic E-state index is 11.8. The number of anilines is 1. The fourth-order valence-corrected chi connectivity index (χ4v) is 2.43. The zero-order valence-electron chi connectivity index (χ0n) is 13.5. The number of hydrogen-bond donors (Lipinski definition) is 0. The third kappa shape index (κ3) is 4.53. The number of piperidine rings is 1. The molecule has 0 aliphatic carbocycles. The van der Waals surface area contributed by atoms with Crippen molar-refractivity contribution in [2.75, 3.05) is 31.6 Å². The van der Waals surface area contributed by atoms with E-state index >= 15 is 0 Å². The van der Waals surface area contributed by atoms with E-state index in [2.05, 4.69) is 30.8 Å². The van der Waals surface area contributed by atoms with E-state index in [9.17, 15) is 4.79 Å². The SMILES string of the molecule is CC(C)c1cccc(N2CCCCC2=O)n1.CN1CCC1. The molecule has 2 saturated heterocycles. The van der Waals surface area contributed by atoms with E-state index in [0.29, 0.717) is 12.3 Å². The van der Waals surface area contributed by atoms with Gasteiger partial charge in [-0.1, -0.05) is 19.9 Å². The summed E-state index contributed by atoms with van der Waals surface area (Å²) < 4.78 is 0. The van der Waals surface area contributed by atoms with Gasteiger partial charge in [0.25, 0.3) is 0 Å². The molecule has 1 amide bonds. The van der Waals surface area contributed by atoms with Crippen LogP contribution in [0.15, 0.2) is 18.2 Å². The number of amides is 1. The third-order valence-corrected chi connectivity index (χ3v) is 4.03. The number of carbonyl (C=O) groups excluding carboxylic acids is 1. The first-order valence-electron chi connectivity index (χ1n) is 8.04. The fraction of sp³-hybridized carbons (Fsp3) is 0.647. The minimum absolute atomic E-state index is 0.208. The van der Waals surface area contributed by atoms with Gasteiger partial charge in [-0.3, -0.25) is 9.69 Å². The fourth-order valence-electron chi connectivity index (χ4n) is 2.43. The van der Waals surface area contributed by atoms with Crippen LogP contribution in [0.3, 0.4) is 0 Å². The highest BCUT2D eigenvalue weighted by molar-refractivity contribution is 5.93. The van der Waals surface area contributed by atoms with E-state index in [4.69, 9.17) is 0 Å². The Balaban J connectivity index is 0.000000272. The Bertz CT molecular complexity index is 469. The molecule has 0 saturated carbocycles. The van der Waals surface area contributed by atoms with Gasteiger partial charge in [0, 0.05) is 18.7 Å². The Kier molecular flexibility index (Phi) is 5.74. The Morgan fingerprint density at radius 3 is 2.33 bits per heavy atom. The van der Waals surface area contributed by atoms with E-state index < -0.39 is 0 Å². The van der Waals surface area contributed by atoms with Gasteiger partial charge < -0.3 is 4.90 Å². The molecule has 21 heavy (non-hydrogen) atoms. The number of rotatable bonds is 2. The monoisotopic (exact) mass is 289 g/mol. The van der Waals surface area contributed by atoms with Gasteiger partial charge in [0.1, 0.15) is 5.82 Å². The highest BCUT2D eigenvalue weighted by Gasteiger charge is 2.20. The van der Waals surface area contributed by atoms with E-state index in [1.165, 1.54) is 19.5 Å². The molecule has 0 spiro atoms. The second-order valence-electron chi connectivity index (χ2n) is 6.23. The largest absolute Gasteiger partial charge is 0.306 e. The first-order valence-corrected chi connectivity index (χ1v) is 8.04. The summed E-state index contributed by atoms with van der Waals surface area (Å²) in [7, 11) is 2.14. The van der Waals surface area contributed by atoms with Gasteiger partial charge in [0.15, 0.2) is 0 Å².